The number of likely N-dealkylation sites (N-methyl/N-ethyl adjacent to an activating group) is 1. The predicted molar refractivity (Wildman–Crippen MR) is 93.2 cm³/mol. The van der Waals surface area contributed by atoms with Crippen LogP contribution >= 0.6 is 12.4 Å². The van der Waals surface area contributed by atoms with Crippen LogP contribution in [0, 0.1) is 0 Å². The summed E-state index contributed by atoms with van der Waals surface area (Å²) in [6.07, 6.45) is 13.0. The number of hydrogen-bond acceptors (Lipinski definition) is 3. The molecule has 0 aromatic heterocycles. The normalized spacial score (nSPS) is 12.0. The molecule has 1 atom stereocenters. The van der Waals surface area contributed by atoms with Gasteiger partial charge in [-0.25, -0.2) is 0 Å². The number of esters is 1. The Morgan fingerprint density at radius 2 is 1.33 bits per heavy atom. The van der Waals surface area contributed by atoms with Gasteiger partial charge in [0.05, 0.1) is 6.61 Å². The van der Waals surface area contributed by atoms with Crippen LogP contribution in [0.1, 0.15) is 78.1 Å². The number of ether oxygens (including phenoxy) is 1. The molecule has 0 fully saturated rings. The summed E-state index contributed by atoms with van der Waals surface area (Å²) in [6.45, 7) is 4.71. The first-order valence-electron chi connectivity index (χ1n) is 8.42. The highest BCUT2D eigenvalue weighted by Crippen LogP contribution is 2.10. The molecule has 0 aliphatic rings. The van der Waals surface area contributed by atoms with Gasteiger partial charge in [0.15, 0.2) is 0 Å². The highest BCUT2D eigenvalue weighted by Gasteiger charge is 2.15. The molecule has 128 valence electrons. The lowest BCUT2D eigenvalue weighted by Gasteiger charge is -2.17. The fourth-order valence-electron chi connectivity index (χ4n) is 2.09. The Labute approximate surface area is 138 Å². The van der Waals surface area contributed by atoms with Gasteiger partial charge in [0.25, 0.3) is 0 Å². The number of rotatable bonds is 13. The Hall–Kier alpha value is -0.280. The van der Waals surface area contributed by atoms with E-state index in [1.165, 1.54) is 57.8 Å². The first-order chi connectivity index (χ1) is 9.59. The smallest absolute Gasteiger partial charge is 0.323 e. The molecular weight excluding hydrogens is 286 g/mol. The summed E-state index contributed by atoms with van der Waals surface area (Å²) < 4.78 is 5.26. The van der Waals surface area contributed by atoms with Crippen molar-refractivity contribution in [1.82, 2.24) is 4.90 Å². The minimum Gasteiger partial charge on any atom is -0.465 e. The first-order valence-corrected chi connectivity index (χ1v) is 8.42. The molecule has 0 aliphatic heterocycles. The number of hydrogen-bond donors (Lipinski definition) is 0. The molecule has 0 saturated heterocycles. The maximum Gasteiger partial charge on any atom is 0.323 e. The van der Waals surface area contributed by atoms with E-state index in [0.717, 1.165) is 6.42 Å². The van der Waals surface area contributed by atoms with E-state index in [0.29, 0.717) is 6.61 Å². The van der Waals surface area contributed by atoms with Gasteiger partial charge in [-0.2, -0.15) is 0 Å². The van der Waals surface area contributed by atoms with Crippen molar-refractivity contribution in [1.29, 1.82) is 0 Å². The van der Waals surface area contributed by atoms with E-state index in [4.69, 9.17) is 4.74 Å². The molecule has 3 nitrogen and oxygen atoms in total. The van der Waals surface area contributed by atoms with Gasteiger partial charge in [-0.1, -0.05) is 64.7 Å². The molecule has 21 heavy (non-hydrogen) atoms. The topological polar surface area (TPSA) is 29.5 Å². The molecule has 0 N–H and O–H groups in total. The van der Waals surface area contributed by atoms with Crippen molar-refractivity contribution in [3.05, 3.63) is 0 Å². The van der Waals surface area contributed by atoms with E-state index >= 15 is 0 Å². The molecule has 4 heteroatoms. The Bertz CT molecular complexity index is 235. The van der Waals surface area contributed by atoms with E-state index in [1.54, 1.807) is 0 Å². The Morgan fingerprint density at radius 1 is 0.905 bits per heavy atom. The van der Waals surface area contributed by atoms with Gasteiger partial charge in [-0.3, -0.25) is 9.69 Å². The Kier molecular flexibility index (Phi) is 17.6. The molecule has 0 aliphatic carbocycles. The SMILES string of the molecule is CCCCCCCCCCCCOC(=O)[C@@H](C)N(C)C.Cl. The maximum atomic E-state index is 11.6. The number of halogens is 1. The molecule has 0 rings (SSSR count). The van der Waals surface area contributed by atoms with Crippen LogP contribution in [-0.4, -0.2) is 37.6 Å². The van der Waals surface area contributed by atoms with Gasteiger partial charge in [-0.15, -0.1) is 12.4 Å². The third-order valence-corrected chi connectivity index (χ3v) is 3.86. The Balaban J connectivity index is 0. The van der Waals surface area contributed by atoms with Gasteiger partial charge in [0, 0.05) is 0 Å². The summed E-state index contributed by atoms with van der Waals surface area (Å²) in [7, 11) is 3.79. The lowest BCUT2D eigenvalue weighted by atomic mass is 10.1. The van der Waals surface area contributed by atoms with Crippen molar-refractivity contribution in [2.75, 3.05) is 20.7 Å². The molecule has 0 saturated carbocycles. The monoisotopic (exact) mass is 321 g/mol. The third kappa shape index (κ3) is 14.4. The second kappa shape index (κ2) is 16.1. The quantitative estimate of drug-likeness (QED) is 0.360. The minimum absolute atomic E-state index is 0. The van der Waals surface area contributed by atoms with Crippen LogP contribution < -0.4 is 0 Å². The molecule has 0 aromatic carbocycles. The highest BCUT2D eigenvalue weighted by atomic mass is 35.5. The fraction of sp³-hybridized carbons (Fsp3) is 0.941. The number of unbranched alkanes of at least 4 members (excludes halogenated alkanes) is 9. The second-order valence-corrected chi connectivity index (χ2v) is 5.99. The predicted octanol–water partition coefficient (Wildman–Crippen LogP) is 4.82. The fourth-order valence-corrected chi connectivity index (χ4v) is 2.09. The van der Waals surface area contributed by atoms with Crippen LogP contribution in [0.3, 0.4) is 0 Å². The van der Waals surface area contributed by atoms with E-state index in [1.807, 2.05) is 25.9 Å². The molecular formula is C17H36ClNO2. The standard InChI is InChI=1S/C17H35NO2.ClH/c1-5-6-7-8-9-10-11-12-13-14-15-20-17(19)16(2)18(3)4;/h16H,5-15H2,1-4H3;1H/t16-;/m1./s1. The lowest BCUT2D eigenvalue weighted by Crippen LogP contribution is -2.34. The highest BCUT2D eigenvalue weighted by molar-refractivity contribution is 5.85. The zero-order chi connectivity index (χ0) is 15.2. The van der Waals surface area contributed by atoms with Gasteiger partial charge >= 0.3 is 5.97 Å². The molecule has 0 radical (unpaired) electrons. The van der Waals surface area contributed by atoms with Crippen molar-refractivity contribution in [3.63, 3.8) is 0 Å². The summed E-state index contributed by atoms with van der Waals surface area (Å²) in [5.74, 6) is -0.106. The van der Waals surface area contributed by atoms with Crippen LogP contribution in [0.15, 0.2) is 0 Å². The van der Waals surface area contributed by atoms with Gasteiger partial charge in [0.1, 0.15) is 6.04 Å². The summed E-state index contributed by atoms with van der Waals surface area (Å²) in [5, 5.41) is 0. The number of nitrogens with zero attached hydrogens (tertiary/aromatic N) is 1. The van der Waals surface area contributed by atoms with E-state index in [-0.39, 0.29) is 24.4 Å². The van der Waals surface area contributed by atoms with Crippen molar-refractivity contribution in [2.24, 2.45) is 0 Å². The molecule has 0 spiro atoms. The number of carbonyl (C=O) groups excluding carboxylic acids is 1. The average Bonchev–Trinajstić information content (AvgIpc) is 2.43. The molecule has 0 aromatic rings. The molecule has 0 unspecified atom stereocenters. The molecule has 0 bridgehead atoms. The van der Waals surface area contributed by atoms with Gasteiger partial charge in [0.2, 0.25) is 0 Å². The van der Waals surface area contributed by atoms with Crippen LogP contribution in [0.4, 0.5) is 0 Å². The van der Waals surface area contributed by atoms with Crippen LogP contribution in [-0.2, 0) is 9.53 Å². The summed E-state index contributed by atoms with van der Waals surface area (Å²) >= 11 is 0. The molecule has 0 heterocycles. The lowest BCUT2D eigenvalue weighted by molar-refractivity contribution is -0.148. The van der Waals surface area contributed by atoms with Crippen molar-refractivity contribution in [2.45, 2.75) is 84.1 Å². The summed E-state index contributed by atoms with van der Waals surface area (Å²) in [4.78, 5) is 13.5. The second-order valence-electron chi connectivity index (χ2n) is 5.99. The van der Waals surface area contributed by atoms with Gasteiger partial charge in [-0.05, 0) is 27.4 Å². The minimum atomic E-state index is -0.141. The van der Waals surface area contributed by atoms with Crippen molar-refractivity contribution < 1.29 is 9.53 Å². The third-order valence-electron chi connectivity index (χ3n) is 3.86. The van der Waals surface area contributed by atoms with Crippen LogP contribution in [0.5, 0.6) is 0 Å². The van der Waals surface area contributed by atoms with Gasteiger partial charge < -0.3 is 4.74 Å². The van der Waals surface area contributed by atoms with E-state index < -0.39 is 0 Å². The molecule has 0 amide bonds. The van der Waals surface area contributed by atoms with Crippen molar-refractivity contribution >= 4 is 18.4 Å². The summed E-state index contributed by atoms with van der Waals surface area (Å²) in [6, 6.07) is -0.141. The van der Waals surface area contributed by atoms with E-state index in [2.05, 4.69) is 6.92 Å². The number of carbonyl (C=O) groups is 1. The maximum absolute atomic E-state index is 11.6. The van der Waals surface area contributed by atoms with Crippen LogP contribution in [0.2, 0.25) is 0 Å². The van der Waals surface area contributed by atoms with Crippen molar-refractivity contribution in [3.8, 4) is 0 Å². The summed E-state index contributed by atoms with van der Waals surface area (Å²) in [5.41, 5.74) is 0. The first kappa shape index (κ1) is 23.0. The Morgan fingerprint density at radius 3 is 1.76 bits per heavy atom. The zero-order valence-electron chi connectivity index (χ0n) is 14.5. The average molecular weight is 322 g/mol. The largest absolute Gasteiger partial charge is 0.465 e. The van der Waals surface area contributed by atoms with Crippen LogP contribution in [0.25, 0.3) is 0 Å². The zero-order valence-corrected chi connectivity index (χ0v) is 15.3. The van der Waals surface area contributed by atoms with E-state index in [9.17, 15) is 4.79 Å².